The van der Waals surface area contributed by atoms with E-state index in [1.54, 1.807) is 7.11 Å². The molecule has 25 heavy (non-hydrogen) atoms. The third-order valence-corrected chi connectivity index (χ3v) is 3.72. The van der Waals surface area contributed by atoms with E-state index in [1.807, 2.05) is 78.9 Å². The van der Waals surface area contributed by atoms with Crippen LogP contribution >= 0.6 is 0 Å². The van der Waals surface area contributed by atoms with E-state index in [9.17, 15) is 0 Å². The van der Waals surface area contributed by atoms with Gasteiger partial charge < -0.3 is 15.2 Å². The van der Waals surface area contributed by atoms with Gasteiger partial charge in [0, 0.05) is 5.56 Å². The van der Waals surface area contributed by atoms with E-state index in [-0.39, 0.29) is 0 Å². The Bertz CT molecular complexity index is 826. The van der Waals surface area contributed by atoms with Crippen molar-refractivity contribution in [3.05, 3.63) is 90.0 Å². The zero-order valence-electron chi connectivity index (χ0n) is 14.1. The average molecular weight is 332 g/mol. The first kappa shape index (κ1) is 16.6. The molecule has 126 valence electrons. The van der Waals surface area contributed by atoms with Crippen LogP contribution in [-0.2, 0) is 6.61 Å². The van der Waals surface area contributed by atoms with Crippen LogP contribution in [0.15, 0.2) is 83.9 Å². The SMILES string of the molecule is COc1ccc(C(N)=Nc2ccc(OCc3ccccc3)cc2)cc1. The highest BCUT2D eigenvalue weighted by Crippen LogP contribution is 2.20. The molecule has 0 aromatic heterocycles. The average Bonchev–Trinajstić information content (AvgIpc) is 2.68. The van der Waals surface area contributed by atoms with Crippen LogP contribution in [0.5, 0.6) is 11.5 Å². The Morgan fingerprint density at radius 1 is 0.840 bits per heavy atom. The molecule has 3 rings (SSSR count). The topological polar surface area (TPSA) is 56.8 Å². The largest absolute Gasteiger partial charge is 0.497 e. The normalized spacial score (nSPS) is 11.2. The number of methoxy groups -OCH3 is 1. The molecule has 0 bridgehead atoms. The molecule has 0 atom stereocenters. The van der Waals surface area contributed by atoms with E-state index in [4.69, 9.17) is 15.2 Å². The van der Waals surface area contributed by atoms with Gasteiger partial charge in [0.25, 0.3) is 0 Å². The van der Waals surface area contributed by atoms with Crippen LogP contribution in [0.1, 0.15) is 11.1 Å². The highest BCUT2D eigenvalue weighted by molar-refractivity contribution is 5.99. The summed E-state index contributed by atoms with van der Waals surface area (Å²) in [6, 6.07) is 25.1. The molecule has 2 N–H and O–H groups in total. The van der Waals surface area contributed by atoms with Crippen molar-refractivity contribution >= 4 is 11.5 Å². The maximum Gasteiger partial charge on any atom is 0.131 e. The summed E-state index contributed by atoms with van der Waals surface area (Å²) >= 11 is 0. The van der Waals surface area contributed by atoms with Crippen LogP contribution < -0.4 is 15.2 Å². The molecule has 0 heterocycles. The summed E-state index contributed by atoms with van der Waals surface area (Å²) in [5.41, 5.74) is 8.83. The fraction of sp³-hybridized carbons (Fsp3) is 0.0952. The first-order chi connectivity index (χ1) is 12.2. The van der Waals surface area contributed by atoms with Crippen molar-refractivity contribution in [2.75, 3.05) is 7.11 Å². The lowest BCUT2D eigenvalue weighted by Crippen LogP contribution is -2.12. The number of hydrogen-bond acceptors (Lipinski definition) is 3. The number of ether oxygens (including phenoxy) is 2. The van der Waals surface area contributed by atoms with Gasteiger partial charge >= 0.3 is 0 Å². The Hall–Kier alpha value is -3.27. The fourth-order valence-corrected chi connectivity index (χ4v) is 2.32. The van der Waals surface area contributed by atoms with Crippen LogP contribution in [-0.4, -0.2) is 12.9 Å². The molecule has 0 spiro atoms. The zero-order chi connectivity index (χ0) is 17.5. The van der Waals surface area contributed by atoms with E-state index >= 15 is 0 Å². The maximum absolute atomic E-state index is 6.07. The first-order valence-electron chi connectivity index (χ1n) is 8.00. The highest BCUT2D eigenvalue weighted by atomic mass is 16.5. The van der Waals surface area contributed by atoms with Crippen LogP contribution in [0.25, 0.3) is 0 Å². The van der Waals surface area contributed by atoms with Crippen molar-refractivity contribution in [2.24, 2.45) is 10.7 Å². The summed E-state index contributed by atoms with van der Waals surface area (Å²) in [6.07, 6.45) is 0. The molecule has 4 heteroatoms. The molecule has 0 amide bonds. The van der Waals surface area contributed by atoms with Gasteiger partial charge in [0.15, 0.2) is 0 Å². The van der Waals surface area contributed by atoms with Gasteiger partial charge in [-0.3, -0.25) is 0 Å². The number of amidine groups is 1. The summed E-state index contributed by atoms with van der Waals surface area (Å²) in [4.78, 5) is 4.44. The molecular weight excluding hydrogens is 312 g/mol. The number of hydrogen-bond donors (Lipinski definition) is 1. The van der Waals surface area contributed by atoms with Crippen molar-refractivity contribution in [3.8, 4) is 11.5 Å². The molecule has 0 aliphatic carbocycles. The third-order valence-electron chi connectivity index (χ3n) is 3.72. The lowest BCUT2D eigenvalue weighted by atomic mass is 10.2. The molecule has 0 radical (unpaired) electrons. The fourth-order valence-electron chi connectivity index (χ4n) is 2.32. The minimum atomic E-state index is 0.459. The maximum atomic E-state index is 6.07. The third kappa shape index (κ3) is 4.61. The van der Waals surface area contributed by atoms with E-state index in [1.165, 1.54) is 0 Å². The number of rotatable bonds is 6. The Morgan fingerprint density at radius 2 is 1.48 bits per heavy atom. The quantitative estimate of drug-likeness (QED) is 0.540. The van der Waals surface area contributed by atoms with Crippen LogP contribution in [0, 0.1) is 0 Å². The van der Waals surface area contributed by atoms with Crippen molar-refractivity contribution < 1.29 is 9.47 Å². The molecular formula is C21H20N2O2. The van der Waals surface area contributed by atoms with Crippen LogP contribution in [0.2, 0.25) is 0 Å². The van der Waals surface area contributed by atoms with Gasteiger partial charge in [0.1, 0.15) is 23.9 Å². The van der Waals surface area contributed by atoms with Crippen LogP contribution in [0.4, 0.5) is 5.69 Å². The summed E-state index contributed by atoms with van der Waals surface area (Å²) < 4.78 is 10.9. The number of nitrogens with zero attached hydrogens (tertiary/aromatic N) is 1. The lowest BCUT2D eigenvalue weighted by molar-refractivity contribution is 0.306. The Kier molecular flexibility index (Phi) is 5.32. The predicted molar refractivity (Wildman–Crippen MR) is 101 cm³/mol. The van der Waals surface area contributed by atoms with Gasteiger partial charge in [-0.1, -0.05) is 30.3 Å². The summed E-state index contributed by atoms with van der Waals surface area (Å²) in [7, 11) is 1.63. The highest BCUT2D eigenvalue weighted by Gasteiger charge is 2.01. The molecule has 0 saturated carbocycles. The monoisotopic (exact) mass is 332 g/mol. The standard InChI is InChI=1S/C21H20N2O2/c1-24-19-11-7-17(8-12-19)21(22)23-18-9-13-20(14-10-18)25-15-16-5-3-2-4-6-16/h2-14H,15H2,1H3,(H2,22,23). The summed E-state index contributed by atoms with van der Waals surface area (Å²) in [6.45, 7) is 0.539. The van der Waals surface area contributed by atoms with Crippen molar-refractivity contribution in [1.82, 2.24) is 0 Å². The molecule has 0 aliphatic heterocycles. The van der Waals surface area contributed by atoms with Gasteiger partial charge in [-0.05, 0) is 54.1 Å². The smallest absolute Gasteiger partial charge is 0.131 e. The van der Waals surface area contributed by atoms with Gasteiger partial charge in [-0.2, -0.15) is 0 Å². The second-order valence-electron chi connectivity index (χ2n) is 5.49. The van der Waals surface area contributed by atoms with Crippen molar-refractivity contribution in [2.45, 2.75) is 6.61 Å². The second kappa shape index (κ2) is 8.02. The summed E-state index contributed by atoms with van der Waals surface area (Å²) in [5, 5.41) is 0. The molecule has 3 aromatic carbocycles. The molecule has 0 unspecified atom stereocenters. The van der Waals surface area contributed by atoms with Crippen molar-refractivity contribution in [3.63, 3.8) is 0 Å². The predicted octanol–water partition coefficient (Wildman–Crippen LogP) is 4.31. The van der Waals surface area contributed by atoms with Gasteiger partial charge in [0.05, 0.1) is 12.8 Å². The van der Waals surface area contributed by atoms with Crippen LogP contribution in [0.3, 0.4) is 0 Å². The lowest BCUT2D eigenvalue weighted by Gasteiger charge is -2.07. The second-order valence-corrected chi connectivity index (χ2v) is 5.49. The molecule has 3 aromatic rings. The Morgan fingerprint density at radius 3 is 2.12 bits per heavy atom. The molecule has 0 saturated heterocycles. The number of nitrogens with two attached hydrogens (primary N) is 1. The van der Waals surface area contributed by atoms with Gasteiger partial charge in [0.2, 0.25) is 0 Å². The van der Waals surface area contributed by atoms with Gasteiger partial charge in [-0.25, -0.2) is 4.99 Å². The minimum Gasteiger partial charge on any atom is -0.497 e. The minimum absolute atomic E-state index is 0.459. The first-order valence-corrected chi connectivity index (χ1v) is 8.00. The molecule has 0 aliphatic rings. The van der Waals surface area contributed by atoms with Crippen molar-refractivity contribution in [1.29, 1.82) is 0 Å². The van der Waals surface area contributed by atoms with E-state index < -0.39 is 0 Å². The molecule has 4 nitrogen and oxygen atoms in total. The van der Waals surface area contributed by atoms with Gasteiger partial charge in [-0.15, -0.1) is 0 Å². The number of benzene rings is 3. The zero-order valence-corrected chi connectivity index (χ0v) is 14.1. The van der Waals surface area contributed by atoms with E-state index in [2.05, 4.69) is 4.99 Å². The Balaban J connectivity index is 1.64. The van der Waals surface area contributed by atoms with E-state index in [0.29, 0.717) is 12.4 Å². The van der Waals surface area contributed by atoms with E-state index in [0.717, 1.165) is 28.3 Å². The molecule has 0 fully saturated rings. The Labute approximate surface area is 147 Å². The summed E-state index contributed by atoms with van der Waals surface area (Å²) in [5.74, 6) is 2.04. The number of aliphatic imine (C=N–C) groups is 1.